The highest BCUT2D eigenvalue weighted by atomic mass is 35.5. The fourth-order valence-corrected chi connectivity index (χ4v) is 5.89. The lowest BCUT2D eigenvalue weighted by molar-refractivity contribution is 0.0656. The topological polar surface area (TPSA) is 44.1 Å². The third-order valence-electron chi connectivity index (χ3n) is 4.97. The number of hydrogen-bond acceptors (Lipinski definition) is 5. The van der Waals surface area contributed by atoms with Crippen molar-refractivity contribution in [1.82, 2.24) is 9.55 Å². The van der Waals surface area contributed by atoms with Crippen molar-refractivity contribution in [1.29, 1.82) is 0 Å². The molecule has 1 aliphatic heterocycles. The van der Waals surface area contributed by atoms with Crippen molar-refractivity contribution in [2.45, 2.75) is 36.7 Å². The van der Waals surface area contributed by atoms with Crippen molar-refractivity contribution in [3.63, 3.8) is 0 Å². The summed E-state index contributed by atoms with van der Waals surface area (Å²) >= 11 is 9.26. The van der Waals surface area contributed by atoms with Crippen molar-refractivity contribution < 1.29 is 4.74 Å². The van der Waals surface area contributed by atoms with Gasteiger partial charge < -0.3 is 4.74 Å². The molecule has 1 aliphatic rings. The molecule has 1 atom stereocenters. The van der Waals surface area contributed by atoms with E-state index in [0.717, 1.165) is 46.5 Å². The third kappa shape index (κ3) is 3.94. The van der Waals surface area contributed by atoms with Gasteiger partial charge in [0.2, 0.25) is 0 Å². The Morgan fingerprint density at radius 1 is 1.30 bits per heavy atom. The summed E-state index contributed by atoms with van der Waals surface area (Å²) in [4.78, 5) is 17.7. The number of rotatable bonds is 5. The van der Waals surface area contributed by atoms with E-state index in [9.17, 15) is 4.79 Å². The van der Waals surface area contributed by atoms with Crippen molar-refractivity contribution >= 4 is 44.9 Å². The first-order valence-corrected chi connectivity index (χ1v) is 11.3. The first-order chi connectivity index (χ1) is 13.2. The van der Waals surface area contributed by atoms with E-state index in [2.05, 4.69) is 12.1 Å². The molecule has 0 saturated carbocycles. The summed E-state index contributed by atoms with van der Waals surface area (Å²) in [5, 5.41) is 3.67. The third-order valence-corrected chi connectivity index (χ3v) is 7.55. The van der Waals surface area contributed by atoms with Crippen LogP contribution in [-0.4, -0.2) is 22.8 Å². The van der Waals surface area contributed by atoms with Gasteiger partial charge >= 0.3 is 0 Å². The summed E-state index contributed by atoms with van der Waals surface area (Å²) < 4.78 is 8.10. The molecule has 1 saturated heterocycles. The quantitative estimate of drug-likeness (QED) is 0.410. The Hall–Kier alpha value is -1.34. The normalized spacial score (nSPS) is 16.7. The molecule has 0 spiro atoms. The highest BCUT2D eigenvalue weighted by Crippen LogP contribution is 2.44. The molecular weight excluding hydrogens is 400 g/mol. The Kier molecular flexibility index (Phi) is 5.88. The Balaban J connectivity index is 1.76. The summed E-state index contributed by atoms with van der Waals surface area (Å²) in [5.41, 5.74) is 2.07. The Bertz CT molecular complexity index is 978. The first-order valence-electron chi connectivity index (χ1n) is 9.15. The molecule has 0 amide bonds. The summed E-state index contributed by atoms with van der Waals surface area (Å²) in [6.07, 6.45) is 2.02. The van der Waals surface area contributed by atoms with Crippen LogP contribution >= 0.6 is 34.7 Å². The fraction of sp³-hybridized carbons (Fsp3) is 0.400. The average Bonchev–Trinajstić information content (AvgIpc) is 3.17. The number of thioether (sulfide) groups is 1. The number of fused-ring (bicyclic) bond motifs is 1. The fourth-order valence-electron chi connectivity index (χ4n) is 3.51. The van der Waals surface area contributed by atoms with Crippen molar-refractivity contribution in [3.8, 4) is 0 Å². The average molecular weight is 421 g/mol. The zero-order valence-electron chi connectivity index (χ0n) is 15.1. The summed E-state index contributed by atoms with van der Waals surface area (Å²) in [5.74, 6) is 0.477. The van der Waals surface area contributed by atoms with Crippen LogP contribution in [0, 0.1) is 5.92 Å². The minimum absolute atomic E-state index is 0.0573. The Labute approximate surface area is 171 Å². The van der Waals surface area contributed by atoms with Crippen LogP contribution in [0.2, 0.25) is 5.02 Å². The number of aromatic nitrogens is 2. The van der Waals surface area contributed by atoms with E-state index in [-0.39, 0.29) is 10.8 Å². The van der Waals surface area contributed by atoms with Crippen LogP contribution in [0.15, 0.2) is 45.7 Å². The minimum Gasteiger partial charge on any atom is -0.381 e. The highest BCUT2D eigenvalue weighted by Gasteiger charge is 2.28. The largest absolute Gasteiger partial charge is 0.381 e. The highest BCUT2D eigenvalue weighted by molar-refractivity contribution is 7.99. The molecule has 0 aliphatic carbocycles. The van der Waals surface area contributed by atoms with Crippen molar-refractivity contribution in [3.05, 3.63) is 56.7 Å². The van der Waals surface area contributed by atoms with Gasteiger partial charge in [-0.25, -0.2) is 4.98 Å². The molecule has 1 aromatic carbocycles. The lowest BCUT2D eigenvalue weighted by Gasteiger charge is -2.30. The van der Waals surface area contributed by atoms with Gasteiger partial charge in [-0.2, -0.15) is 0 Å². The molecule has 0 radical (unpaired) electrons. The number of hydrogen-bond donors (Lipinski definition) is 0. The van der Waals surface area contributed by atoms with Crippen LogP contribution in [0.3, 0.4) is 0 Å². The SMILES string of the molecule is CCn1c(S[C@@H](c2ccc(Cl)cc2)C2CCOCC2)nc2ccsc2c1=O. The number of benzene rings is 1. The van der Waals surface area contributed by atoms with E-state index in [4.69, 9.17) is 21.3 Å². The van der Waals surface area contributed by atoms with Gasteiger partial charge in [0.05, 0.1) is 5.52 Å². The first kappa shape index (κ1) is 19.0. The van der Waals surface area contributed by atoms with E-state index in [1.165, 1.54) is 16.9 Å². The smallest absolute Gasteiger partial charge is 0.272 e. The van der Waals surface area contributed by atoms with E-state index in [0.29, 0.717) is 12.5 Å². The van der Waals surface area contributed by atoms with E-state index in [1.807, 2.05) is 30.5 Å². The standard InChI is InChI=1S/C20H21ClN2O2S2/c1-2-23-19(24)18-16(9-12-26-18)22-20(23)27-17(14-7-10-25-11-8-14)13-3-5-15(21)6-4-13/h3-6,9,12,14,17H,2,7-8,10-11H2,1H3/t17-/m0/s1. The summed E-state index contributed by atoms with van der Waals surface area (Å²) in [7, 11) is 0. The van der Waals surface area contributed by atoms with Gasteiger partial charge in [0.15, 0.2) is 5.16 Å². The van der Waals surface area contributed by atoms with Crippen molar-refractivity contribution in [2.75, 3.05) is 13.2 Å². The van der Waals surface area contributed by atoms with E-state index >= 15 is 0 Å². The van der Waals surface area contributed by atoms with Gasteiger partial charge in [-0.15, -0.1) is 11.3 Å². The molecule has 27 heavy (non-hydrogen) atoms. The number of halogens is 1. The second kappa shape index (κ2) is 8.35. The molecule has 142 valence electrons. The predicted octanol–water partition coefficient (Wildman–Crippen LogP) is 5.39. The molecule has 7 heteroatoms. The van der Waals surface area contributed by atoms with Gasteiger partial charge in [-0.05, 0) is 54.8 Å². The van der Waals surface area contributed by atoms with Crippen LogP contribution in [0.4, 0.5) is 0 Å². The summed E-state index contributed by atoms with van der Waals surface area (Å²) in [6, 6.07) is 9.98. The Morgan fingerprint density at radius 3 is 2.74 bits per heavy atom. The van der Waals surface area contributed by atoms with Gasteiger partial charge in [-0.1, -0.05) is 35.5 Å². The maximum Gasteiger partial charge on any atom is 0.272 e. The van der Waals surface area contributed by atoms with Gasteiger partial charge in [0.1, 0.15) is 4.70 Å². The van der Waals surface area contributed by atoms with Crippen LogP contribution in [-0.2, 0) is 11.3 Å². The summed E-state index contributed by atoms with van der Waals surface area (Å²) in [6.45, 7) is 4.18. The minimum atomic E-state index is 0.0573. The van der Waals surface area contributed by atoms with Gasteiger partial charge in [-0.3, -0.25) is 9.36 Å². The van der Waals surface area contributed by atoms with Gasteiger partial charge in [0, 0.05) is 30.0 Å². The number of thiophene rings is 1. The number of ether oxygens (including phenoxy) is 1. The molecular formula is C20H21ClN2O2S2. The van der Waals surface area contributed by atoms with E-state index < -0.39 is 0 Å². The van der Waals surface area contributed by atoms with Crippen LogP contribution < -0.4 is 5.56 Å². The van der Waals surface area contributed by atoms with Crippen molar-refractivity contribution in [2.24, 2.45) is 5.92 Å². The maximum absolute atomic E-state index is 12.9. The van der Waals surface area contributed by atoms with Crippen LogP contribution in [0.25, 0.3) is 10.2 Å². The second-order valence-corrected chi connectivity index (χ2v) is 9.08. The zero-order valence-corrected chi connectivity index (χ0v) is 17.4. The Morgan fingerprint density at radius 2 is 2.04 bits per heavy atom. The molecule has 0 unspecified atom stereocenters. The molecule has 3 heterocycles. The monoisotopic (exact) mass is 420 g/mol. The van der Waals surface area contributed by atoms with Crippen LogP contribution in [0.5, 0.6) is 0 Å². The molecule has 0 N–H and O–H groups in total. The molecule has 1 fully saturated rings. The molecule has 0 bridgehead atoms. The second-order valence-electron chi connectivity index (χ2n) is 6.62. The molecule has 4 rings (SSSR count). The molecule has 2 aromatic heterocycles. The molecule has 4 nitrogen and oxygen atoms in total. The molecule has 3 aromatic rings. The predicted molar refractivity (Wildman–Crippen MR) is 113 cm³/mol. The van der Waals surface area contributed by atoms with E-state index in [1.54, 1.807) is 16.3 Å². The lowest BCUT2D eigenvalue weighted by atomic mass is 9.92. The zero-order chi connectivity index (χ0) is 18.8. The maximum atomic E-state index is 12.9. The number of nitrogens with zero attached hydrogens (tertiary/aromatic N) is 2. The van der Waals surface area contributed by atoms with Gasteiger partial charge in [0.25, 0.3) is 5.56 Å². The lowest BCUT2D eigenvalue weighted by Crippen LogP contribution is -2.24. The van der Waals surface area contributed by atoms with Crippen LogP contribution in [0.1, 0.15) is 30.6 Å².